The molecule has 4 N–H and O–H groups in total. The number of thioether (sulfide) groups is 1. The summed E-state index contributed by atoms with van der Waals surface area (Å²) in [6.07, 6.45) is 2.19. The minimum Gasteiger partial charge on any atom is -0.480 e. The van der Waals surface area contributed by atoms with Crippen molar-refractivity contribution < 1.29 is 19.5 Å². The van der Waals surface area contributed by atoms with Crippen LogP contribution in [0.5, 0.6) is 0 Å². The fourth-order valence-electron chi connectivity index (χ4n) is 1.12. The van der Waals surface area contributed by atoms with Crippen molar-refractivity contribution in [2.75, 3.05) is 25.1 Å². The third-order valence-electron chi connectivity index (χ3n) is 2.00. The summed E-state index contributed by atoms with van der Waals surface area (Å²) in [6.45, 7) is 2.07. The zero-order valence-electron chi connectivity index (χ0n) is 10.5. The molecule has 0 saturated heterocycles. The zero-order chi connectivity index (χ0) is 14.0. The van der Waals surface area contributed by atoms with E-state index in [0.29, 0.717) is 18.7 Å². The molecule has 0 fully saturated rings. The van der Waals surface area contributed by atoms with Gasteiger partial charge in [0.2, 0.25) is 5.91 Å². The molecule has 18 heavy (non-hydrogen) atoms. The first-order chi connectivity index (χ1) is 8.51. The molecule has 7 nitrogen and oxygen atoms in total. The molecule has 0 heterocycles. The van der Waals surface area contributed by atoms with E-state index < -0.39 is 18.0 Å². The summed E-state index contributed by atoms with van der Waals surface area (Å²) >= 11 is 1.50. The van der Waals surface area contributed by atoms with Gasteiger partial charge in [-0.25, -0.2) is 9.59 Å². The lowest BCUT2D eigenvalue weighted by Gasteiger charge is -2.14. The largest absolute Gasteiger partial charge is 0.480 e. The lowest BCUT2D eigenvalue weighted by atomic mass is 10.2. The molecule has 0 saturated carbocycles. The molecule has 0 aromatic rings. The van der Waals surface area contributed by atoms with Crippen molar-refractivity contribution >= 4 is 29.7 Å². The highest BCUT2D eigenvalue weighted by Crippen LogP contribution is 2.00. The molecule has 0 aliphatic carbocycles. The zero-order valence-corrected chi connectivity index (χ0v) is 11.3. The highest BCUT2D eigenvalue weighted by Gasteiger charge is 2.19. The molecular weight excluding hydrogens is 258 g/mol. The lowest BCUT2D eigenvalue weighted by Crippen LogP contribution is -2.48. The van der Waals surface area contributed by atoms with Crippen LogP contribution in [0.3, 0.4) is 0 Å². The summed E-state index contributed by atoms with van der Waals surface area (Å²) in [5.74, 6) is -0.769. The number of carboxylic acids is 1. The molecule has 8 heteroatoms. The number of hydrogen-bond acceptors (Lipinski definition) is 4. The van der Waals surface area contributed by atoms with E-state index >= 15 is 0 Å². The van der Waals surface area contributed by atoms with Crippen molar-refractivity contribution in [1.82, 2.24) is 16.0 Å². The van der Waals surface area contributed by atoms with Crippen molar-refractivity contribution in [3.63, 3.8) is 0 Å². The van der Waals surface area contributed by atoms with E-state index in [4.69, 9.17) is 5.11 Å². The maximum absolute atomic E-state index is 11.4. The number of carbonyl (C=O) groups excluding carboxylic acids is 2. The number of urea groups is 1. The fourth-order valence-corrected chi connectivity index (χ4v) is 1.59. The molecule has 0 radical (unpaired) electrons. The van der Waals surface area contributed by atoms with E-state index in [1.165, 1.54) is 11.8 Å². The molecule has 0 bridgehead atoms. The molecule has 1 atom stereocenters. The Labute approximate surface area is 110 Å². The summed E-state index contributed by atoms with van der Waals surface area (Å²) in [5.41, 5.74) is 0. The molecule has 0 aliphatic rings. The van der Waals surface area contributed by atoms with Gasteiger partial charge < -0.3 is 21.1 Å². The normalized spacial score (nSPS) is 11.4. The van der Waals surface area contributed by atoms with E-state index in [2.05, 4.69) is 16.0 Å². The fraction of sp³-hybridized carbons (Fsp3) is 0.700. The van der Waals surface area contributed by atoms with Crippen molar-refractivity contribution in [2.45, 2.75) is 19.4 Å². The summed E-state index contributed by atoms with van der Waals surface area (Å²) in [4.78, 5) is 33.3. The van der Waals surface area contributed by atoms with Crippen LogP contribution in [0.4, 0.5) is 4.79 Å². The maximum atomic E-state index is 11.4. The topological polar surface area (TPSA) is 108 Å². The molecule has 3 amide bonds. The molecule has 0 unspecified atom stereocenters. The molecule has 0 spiro atoms. The van der Waals surface area contributed by atoms with Gasteiger partial charge in [-0.3, -0.25) is 4.79 Å². The third kappa shape index (κ3) is 7.77. The quantitative estimate of drug-likeness (QED) is 0.484. The number of rotatable bonds is 8. The van der Waals surface area contributed by atoms with Crippen molar-refractivity contribution in [2.24, 2.45) is 0 Å². The summed E-state index contributed by atoms with van der Waals surface area (Å²) in [7, 11) is 0. The van der Waals surface area contributed by atoms with Crippen LogP contribution in [-0.4, -0.2) is 54.2 Å². The van der Waals surface area contributed by atoms with Gasteiger partial charge in [0.05, 0.1) is 6.54 Å². The SMILES string of the molecule is CCNC(=O)CNC(=O)N[C@H](CCSC)C(=O)O. The van der Waals surface area contributed by atoms with Gasteiger partial charge in [-0.1, -0.05) is 0 Å². The number of aliphatic carboxylic acids is 1. The van der Waals surface area contributed by atoms with Gasteiger partial charge in [0.25, 0.3) is 0 Å². The van der Waals surface area contributed by atoms with Crippen LogP contribution < -0.4 is 16.0 Å². The first-order valence-electron chi connectivity index (χ1n) is 5.54. The average Bonchev–Trinajstić information content (AvgIpc) is 2.32. The van der Waals surface area contributed by atoms with Gasteiger partial charge in [-0.2, -0.15) is 11.8 Å². The van der Waals surface area contributed by atoms with Crippen LogP contribution in [-0.2, 0) is 9.59 Å². The number of hydrogen-bond donors (Lipinski definition) is 4. The second-order valence-corrected chi connectivity index (χ2v) is 4.44. The van der Waals surface area contributed by atoms with E-state index in [9.17, 15) is 14.4 Å². The van der Waals surface area contributed by atoms with Crippen LogP contribution in [0.1, 0.15) is 13.3 Å². The molecule has 0 aromatic heterocycles. The Kier molecular flexibility index (Phi) is 8.81. The summed E-state index contributed by atoms with van der Waals surface area (Å²) in [6, 6.07) is -1.60. The standard InChI is InChI=1S/C10H19N3O4S/c1-3-11-8(14)6-12-10(17)13-7(9(15)16)4-5-18-2/h7H,3-6H2,1-2H3,(H,11,14)(H,15,16)(H2,12,13,17)/t7-/m1/s1. The van der Waals surface area contributed by atoms with Crippen LogP contribution in [0.2, 0.25) is 0 Å². The molecule has 0 aromatic carbocycles. The van der Waals surface area contributed by atoms with Crippen LogP contribution in [0, 0.1) is 0 Å². The van der Waals surface area contributed by atoms with Gasteiger partial charge >= 0.3 is 12.0 Å². The van der Waals surface area contributed by atoms with Crippen molar-refractivity contribution in [3.05, 3.63) is 0 Å². The van der Waals surface area contributed by atoms with Gasteiger partial charge in [0.15, 0.2) is 0 Å². The molecule has 104 valence electrons. The number of amides is 3. The smallest absolute Gasteiger partial charge is 0.326 e. The van der Waals surface area contributed by atoms with Gasteiger partial charge in [-0.05, 0) is 25.4 Å². The predicted molar refractivity (Wildman–Crippen MR) is 69.6 cm³/mol. The van der Waals surface area contributed by atoms with E-state index in [0.717, 1.165) is 0 Å². The minimum atomic E-state index is -1.09. The van der Waals surface area contributed by atoms with Crippen LogP contribution >= 0.6 is 11.8 Å². The van der Waals surface area contributed by atoms with Crippen molar-refractivity contribution in [3.8, 4) is 0 Å². The Hall–Kier alpha value is -1.44. The summed E-state index contributed by atoms with van der Waals surface area (Å²) < 4.78 is 0. The summed E-state index contributed by atoms with van der Waals surface area (Å²) in [5, 5.41) is 16.0. The monoisotopic (exact) mass is 277 g/mol. The average molecular weight is 277 g/mol. The third-order valence-corrected chi connectivity index (χ3v) is 2.64. The van der Waals surface area contributed by atoms with Crippen LogP contribution in [0.15, 0.2) is 0 Å². The number of carboxylic acid groups (broad SMARTS) is 1. The second-order valence-electron chi connectivity index (χ2n) is 3.45. The molecule has 0 aliphatic heterocycles. The number of likely N-dealkylation sites (N-methyl/N-ethyl adjacent to an activating group) is 1. The second kappa shape index (κ2) is 9.58. The first-order valence-corrected chi connectivity index (χ1v) is 6.93. The first kappa shape index (κ1) is 16.6. The van der Waals surface area contributed by atoms with E-state index in [-0.39, 0.29) is 12.5 Å². The predicted octanol–water partition coefficient (Wildman–Crippen LogP) is -0.372. The van der Waals surface area contributed by atoms with Gasteiger partial charge in [-0.15, -0.1) is 0 Å². The van der Waals surface area contributed by atoms with E-state index in [1.807, 2.05) is 6.26 Å². The molecule has 0 rings (SSSR count). The Balaban J connectivity index is 4.02. The minimum absolute atomic E-state index is 0.172. The Bertz CT molecular complexity index is 299. The maximum Gasteiger partial charge on any atom is 0.326 e. The number of nitrogens with one attached hydrogen (secondary N) is 3. The van der Waals surface area contributed by atoms with Gasteiger partial charge in [0.1, 0.15) is 6.04 Å². The van der Waals surface area contributed by atoms with Crippen LogP contribution in [0.25, 0.3) is 0 Å². The lowest BCUT2D eigenvalue weighted by molar-refractivity contribution is -0.139. The Morgan fingerprint density at radius 3 is 2.44 bits per heavy atom. The highest BCUT2D eigenvalue weighted by atomic mass is 32.2. The Morgan fingerprint density at radius 1 is 1.28 bits per heavy atom. The van der Waals surface area contributed by atoms with E-state index in [1.54, 1.807) is 6.92 Å². The number of carbonyl (C=O) groups is 3. The van der Waals surface area contributed by atoms with Crippen molar-refractivity contribution in [1.29, 1.82) is 0 Å². The highest BCUT2D eigenvalue weighted by molar-refractivity contribution is 7.98. The molecular formula is C10H19N3O4S. The van der Waals surface area contributed by atoms with Gasteiger partial charge in [0, 0.05) is 6.54 Å². The Morgan fingerprint density at radius 2 is 1.94 bits per heavy atom.